The summed E-state index contributed by atoms with van der Waals surface area (Å²) in [6, 6.07) is 0. The lowest BCUT2D eigenvalue weighted by Gasteiger charge is -2.17. The van der Waals surface area contributed by atoms with E-state index in [1.54, 1.807) is 0 Å². The molecule has 1 N–H and O–H groups in total. The SMILES string of the molecule is O=C(CC1CC2C=CC1C2)NBBI. The molecule has 5 heteroatoms. The zero-order valence-electron chi connectivity index (χ0n) is 8.21. The molecule has 1 amide bonds. The minimum atomic E-state index is 0.243. The summed E-state index contributed by atoms with van der Waals surface area (Å²) in [7, 11) is 0.816. The summed E-state index contributed by atoms with van der Waals surface area (Å²) >= 11 is 2.28. The van der Waals surface area contributed by atoms with Crippen LogP contribution in [0.15, 0.2) is 12.2 Å². The van der Waals surface area contributed by atoms with Gasteiger partial charge < -0.3 is 5.23 Å². The Labute approximate surface area is 99.6 Å². The second kappa shape index (κ2) is 4.73. The number of halogens is 1. The van der Waals surface area contributed by atoms with Gasteiger partial charge in [0.05, 0.1) is 0 Å². The van der Waals surface area contributed by atoms with Crippen LogP contribution in [-0.2, 0) is 4.79 Å². The summed E-state index contributed by atoms with van der Waals surface area (Å²) in [5, 5.41) is 3.95. The molecule has 74 valence electrons. The van der Waals surface area contributed by atoms with Crippen molar-refractivity contribution in [2.45, 2.75) is 19.3 Å². The Morgan fingerprint density at radius 3 is 2.93 bits per heavy atom. The average Bonchev–Trinajstić information content (AvgIpc) is 2.76. The smallest absolute Gasteiger partial charge is 0.210 e. The van der Waals surface area contributed by atoms with Gasteiger partial charge in [-0.3, -0.25) is 4.79 Å². The molecule has 3 atom stereocenters. The van der Waals surface area contributed by atoms with Crippen LogP contribution in [-0.4, -0.2) is 18.2 Å². The van der Waals surface area contributed by atoms with E-state index in [-0.39, 0.29) is 5.91 Å². The maximum Gasteiger partial charge on any atom is 0.210 e. The maximum absolute atomic E-state index is 11.5. The van der Waals surface area contributed by atoms with E-state index in [0.29, 0.717) is 11.8 Å². The second-order valence-electron chi connectivity index (χ2n) is 4.28. The van der Waals surface area contributed by atoms with E-state index >= 15 is 0 Å². The van der Waals surface area contributed by atoms with Crippen LogP contribution in [0.1, 0.15) is 19.3 Å². The Kier molecular flexibility index (Phi) is 3.57. The summed E-state index contributed by atoms with van der Waals surface area (Å²) in [6.07, 6.45) is 7.90. The van der Waals surface area contributed by atoms with Gasteiger partial charge in [0.15, 0.2) is 5.03 Å². The molecular formula is C9H14B2INO. The number of allylic oxidation sites excluding steroid dienone is 2. The van der Waals surface area contributed by atoms with Gasteiger partial charge in [-0.15, -0.1) is 0 Å². The van der Waals surface area contributed by atoms with Gasteiger partial charge in [-0.1, -0.05) is 12.2 Å². The second-order valence-corrected chi connectivity index (χ2v) is 5.36. The molecule has 0 aromatic heterocycles. The quantitative estimate of drug-likeness (QED) is 0.463. The fourth-order valence-corrected chi connectivity index (χ4v) is 2.90. The van der Waals surface area contributed by atoms with Crippen LogP contribution in [0.4, 0.5) is 0 Å². The molecule has 2 rings (SSSR count). The molecule has 0 heterocycles. The van der Waals surface area contributed by atoms with Crippen molar-refractivity contribution in [2.24, 2.45) is 17.8 Å². The third-order valence-electron chi connectivity index (χ3n) is 3.28. The first-order valence-electron chi connectivity index (χ1n) is 5.30. The van der Waals surface area contributed by atoms with Crippen LogP contribution in [0, 0.1) is 17.8 Å². The number of nitrogens with one attached hydrogen (secondary N) is 1. The third-order valence-corrected chi connectivity index (χ3v) is 3.82. The molecule has 2 aliphatic carbocycles. The highest BCUT2D eigenvalue weighted by molar-refractivity contribution is 14.1. The molecule has 0 aromatic carbocycles. The van der Waals surface area contributed by atoms with Crippen molar-refractivity contribution >= 4 is 40.6 Å². The Balaban J connectivity index is 1.76. The zero-order valence-corrected chi connectivity index (χ0v) is 10.4. The summed E-state index contributed by atoms with van der Waals surface area (Å²) in [6.45, 7) is 0. The zero-order chi connectivity index (χ0) is 9.97. The lowest BCUT2D eigenvalue weighted by Crippen LogP contribution is -2.31. The van der Waals surface area contributed by atoms with Crippen molar-refractivity contribution in [1.82, 2.24) is 5.23 Å². The molecule has 1 saturated carbocycles. The first-order chi connectivity index (χ1) is 6.79. The fourth-order valence-electron chi connectivity index (χ4n) is 2.63. The first-order valence-corrected chi connectivity index (χ1v) is 6.83. The Morgan fingerprint density at radius 2 is 2.36 bits per heavy atom. The van der Waals surface area contributed by atoms with Crippen LogP contribution < -0.4 is 5.23 Å². The van der Waals surface area contributed by atoms with Crippen molar-refractivity contribution in [3.05, 3.63) is 12.2 Å². The molecule has 0 radical (unpaired) electrons. The van der Waals surface area contributed by atoms with Crippen molar-refractivity contribution in [2.75, 3.05) is 0 Å². The minimum absolute atomic E-state index is 0.243. The average molecular weight is 301 g/mol. The normalized spacial score (nSPS) is 33.1. The molecule has 3 unspecified atom stereocenters. The number of carbonyl (C=O) groups is 1. The predicted octanol–water partition coefficient (Wildman–Crippen LogP) is 0.758. The molecule has 2 nitrogen and oxygen atoms in total. The molecule has 2 aliphatic rings. The topological polar surface area (TPSA) is 29.1 Å². The maximum atomic E-state index is 11.5. The standard InChI is InChI=1S/C9H14B2INO/c12-10-11-13-9(14)5-8-4-6-1-2-7(8)3-6/h1-2,6-8,10-11H,3-5H2,(H,13,14). The highest BCUT2D eigenvalue weighted by atomic mass is 127. The van der Waals surface area contributed by atoms with Gasteiger partial charge in [0.25, 0.3) is 0 Å². The van der Waals surface area contributed by atoms with Gasteiger partial charge in [0.2, 0.25) is 13.2 Å². The van der Waals surface area contributed by atoms with E-state index in [4.69, 9.17) is 0 Å². The van der Waals surface area contributed by atoms with E-state index in [1.807, 2.05) is 0 Å². The van der Waals surface area contributed by atoms with Gasteiger partial charge in [-0.2, -0.15) is 22.4 Å². The van der Waals surface area contributed by atoms with Gasteiger partial charge in [-0.25, -0.2) is 0 Å². The van der Waals surface area contributed by atoms with Crippen molar-refractivity contribution in [3.63, 3.8) is 0 Å². The highest BCUT2D eigenvalue weighted by Gasteiger charge is 2.36. The van der Waals surface area contributed by atoms with Crippen molar-refractivity contribution < 1.29 is 4.79 Å². The van der Waals surface area contributed by atoms with Crippen molar-refractivity contribution in [1.29, 1.82) is 0 Å². The number of hydrogen-bond acceptors (Lipinski definition) is 1. The monoisotopic (exact) mass is 301 g/mol. The molecular weight excluding hydrogens is 287 g/mol. The number of rotatable bonds is 4. The summed E-state index contributed by atoms with van der Waals surface area (Å²) < 4.78 is 0. The number of hydrogen-bond donors (Lipinski definition) is 1. The summed E-state index contributed by atoms with van der Waals surface area (Å²) in [4.78, 5) is 11.5. The van der Waals surface area contributed by atoms with E-state index in [9.17, 15) is 4.79 Å². The van der Waals surface area contributed by atoms with E-state index < -0.39 is 0 Å². The van der Waals surface area contributed by atoms with E-state index in [1.165, 1.54) is 12.8 Å². The van der Waals surface area contributed by atoms with Crippen LogP contribution in [0.3, 0.4) is 0 Å². The Hall–Kier alpha value is 0.0699. The van der Waals surface area contributed by atoms with Crippen LogP contribution in [0.5, 0.6) is 0 Å². The van der Waals surface area contributed by atoms with Crippen LogP contribution in [0.2, 0.25) is 0 Å². The fraction of sp³-hybridized carbons (Fsp3) is 0.667. The molecule has 0 aromatic rings. The summed E-state index contributed by atoms with van der Waals surface area (Å²) in [5.74, 6) is 2.35. The van der Waals surface area contributed by atoms with Crippen LogP contribution >= 0.6 is 22.4 Å². The molecule has 2 bridgehead atoms. The van der Waals surface area contributed by atoms with Crippen molar-refractivity contribution in [3.8, 4) is 0 Å². The van der Waals surface area contributed by atoms with Gasteiger partial charge in [-0.05, 0) is 30.6 Å². The lowest BCUT2D eigenvalue weighted by atomic mass is 9.67. The molecule has 1 fully saturated rings. The first kappa shape index (κ1) is 10.6. The molecule has 0 spiro atoms. The molecule has 14 heavy (non-hydrogen) atoms. The number of amides is 1. The van der Waals surface area contributed by atoms with Gasteiger partial charge in [0.1, 0.15) is 0 Å². The minimum Gasteiger partial charge on any atom is -0.409 e. The number of carbonyl (C=O) groups excluding carboxylic acids is 1. The highest BCUT2D eigenvalue weighted by Crippen LogP contribution is 2.44. The predicted molar refractivity (Wildman–Crippen MR) is 69.9 cm³/mol. The van der Waals surface area contributed by atoms with E-state index in [0.717, 1.165) is 24.7 Å². The Bertz CT molecular complexity index is 259. The van der Waals surface area contributed by atoms with Gasteiger partial charge in [0, 0.05) is 6.42 Å². The number of fused-ring (bicyclic) bond motifs is 2. The van der Waals surface area contributed by atoms with Crippen LogP contribution in [0.25, 0.3) is 0 Å². The van der Waals surface area contributed by atoms with E-state index in [2.05, 4.69) is 39.8 Å². The lowest BCUT2D eigenvalue weighted by molar-refractivity contribution is -0.120. The van der Waals surface area contributed by atoms with Gasteiger partial charge >= 0.3 is 0 Å². The Morgan fingerprint density at radius 1 is 1.50 bits per heavy atom. The molecule has 0 aliphatic heterocycles. The molecule has 0 saturated heterocycles. The summed E-state index contributed by atoms with van der Waals surface area (Å²) in [5.41, 5.74) is 0. The third kappa shape index (κ3) is 2.35. The largest absolute Gasteiger partial charge is 0.409 e.